The van der Waals surface area contributed by atoms with Crippen LogP contribution in [0, 0.1) is 0 Å². The molecule has 2 aliphatic heterocycles. The first kappa shape index (κ1) is 15.3. The first-order valence-electron chi connectivity index (χ1n) is 8.27. The number of aliphatic hydroxyl groups excluding tert-OH is 1. The topological polar surface area (TPSA) is 104 Å². The van der Waals surface area contributed by atoms with Crippen molar-refractivity contribution in [1.82, 2.24) is 15.3 Å². The molecular weight excluding hydrogens is 316 g/mol. The van der Waals surface area contributed by atoms with E-state index in [9.17, 15) is 13.5 Å². The average Bonchev–Trinajstić information content (AvgIpc) is 3.20. The number of anilines is 1. The second-order valence-electron chi connectivity index (χ2n) is 6.84. The summed E-state index contributed by atoms with van der Waals surface area (Å²) in [5.74, 6) is 1.75. The van der Waals surface area contributed by atoms with Gasteiger partial charge in [-0.25, -0.2) is 18.4 Å². The van der Waals surface area contributed by atoms with Crippen LogP contribution in [0.4, 0.5) is 5.82 Å². The Hall–Kier alpha value is -1.25. The van der Waals surface area contributed by atoms with Crippen LogP contribution in [0.5, 0.6) is 0 Å². The van der Waals surface area contributed by atoms with Crippen molar-refractivity contribution in [2.75, 3.05) is 16.8 Å². The smallest absolute Gasteiger partial charge is 0.155 e. The van der Waals surface area contributed by atoms with Gasteiger partial charge in [0, 0.05) is 24.6 Å². The molecule has 1 aromatic heterocycles. The molecule has 1 aliphatic carbocycles. The van der Waals surface area contributed by atoms with E-state index in [1.54, 1.807) is 0 Å². The molecule has 23 heavy (non-hydrogen) atoms. The summed E-state index contributed by atoms with van der Waals surface area (Å²) in [6, 6.07) is -0.490. The first-order chi connectivity index (χ1) is 11.0. The second-order valence-corrected chi connectivity index (χ2v) is 8.99. The van der Waals surface area contributed by atoms with Gasteiger partial charge in [0.25, 0.3) is 0 Å². The van der Waals surface area contributed by atoms with E-state index in [4.69, 9.17) is 9.97 Å². The first-order valence-corrected chi connectivity index (χ1v) is 10.1. The maximum Gasteiger partial charge on any atom is 0.155 e. The zero-order chi connectivity index (χ0) is 16.0. The molecule has 7 nitrogen and oxygen atoms in total. The summed E-state index contributed by atoms with van der Waals surface area (Å²) in [7, 11) is -3.18. The molecular formula is C15H22N4O3S. The van der Waals surface area contributed by atoms with Crippen LogP contribution in [0.25, 0.3) is 0 Å². The van der Waals surface area contributed by atoms with Gasteiger partial charge in [-0.15, -0.1) is 0 Å². The SMILES string of the molecule is O=S1(=O)C[C@@H](O)[C@H](Nc2nc(C3CCCC3)nc3c2CNC3)C1. The van der Waals surface area contributed by atoms with Gasteiger partial charge in [-0.05, 0) is 12.8 Å². The van der Waals surface area contributed by atoms with Gasteiger partial charge < -0.3 is 15.7 Å². The fourth-order valence-electron chi connectivity index (χ4n) is 3.82. The minimum absolute atomic E-state index is 0.0425. The molecule has 1 saturated heterocycles. The third-order valence-electron chi connectivity index (χ3n) is 5.07. The summed E-state index contributed by atoms with van der Waals surface area (Å²) < 4.78 is 23.4. The predicted octanol–water partition coefficient (Wildman–Crippen LogP) is 0.307. The van der Waals surface area contributed by atoms with Gasteiger partial charge in [0.1, 0.15) is 11.6 Å². The molecule has 1 aromatic rings. The lowest BCUT2D eigenvalue weighted by molar-refractivity contribution is 0.190. The van der Waals surface area contributed by atoms with E-state index in [1.165, 1.54) is 12.8 Å². The normalized spacial score (nSPS) is 29.8. The van der Waals surface area contributed by atoms with Gasteiger partial charge >= 0.3 is 0 Å². The van der Waals surface area contributed by atoms with Crippen molar-refractivity contribution in [1.29, 1.82) is 0 Å². The van der Waals surface area contributed by atoms with E-state index in [1.807, 2.05) is 0 Å². The van der Waals surface area contributed by atoms with Crippen LogP contribution in [-0.2, 0) is 22.9 Å². The van der Waals surface area contributed by atoms with E-state index in [0.29, 0.717) is 18.3 Å². The molecule has 8 heteroatoms. The number of fused-ring (bicyclic) bond motifs is 1. The molecule has 0 bridgehead atoms. The van der Waals surface area contributed by atoms with Gasteiger partial charge in [0.05, 0.1) is 29.3 Å². The van der Waals surface area contributed by atoms with Crippen molar-refractivity contribution < 1.29 is 13.5 Å². The lowest BCUT2D eigenvalue weighted by Crippen LogP contribution is -2.33. The Balaban J connectivity index is 1.64. The summed E-state index contributed by atoms with van der Waals surface area (Å²) in [4.78, 5) is 9.43. The molecule has 4 rings (SSSR count). The Labute approximate surface area is 135 Å². The Morgan fingerprint density at radius 3 is 2.61 bits per heavy atom. The quantitative estimate of drug-likeness (QED) is 0.728. The van der Waals surface area contributed by atoms with E-state index in [0.717, 1.165) is 36.5 Å². The highest BCUT2D eigenvalue weighted by Crippen LogP contribution is 2.34. The zero-order valence-electron chi connectivity index (χ0n) is 13.0. The van der Waals surface area contributed by atoms with Crippen molar-refractivity contribution in [3.8, 4) is 0 Å². The van der Waals surface area contributed by atoms with Crippen molar-refractivity contribution >= 4 is 15.7 Å². The van der Waals surface area contributed by atoms with Crippen molar-refractivity contribution in [2.24, 2.45) is 0 Å². The van der Waals surface area contributed by atoms with Gasteiger partial charge in [0.15, 0.2) is 9.84 Å². The molecule has 0 unspecified atom stereocenters. The Kier molecular flexibility index (Phi) is 3.78. The molecule has 0 radical (unpaired) electrons. The van der Waals surface area contributed by atoms with E-state index >= 15 is 0 Å². The fourth-order valence-corrected chi connectivity index (χ4v) is 5.56. The van der Waals surface area contributed by atoms with Crippen LogP contribution in [0.2, 0.25) is 0 Å². The third kappa shape index (κ3) is 2.95. The molecule has 2 fully saturated rings. The van der Waals surface area contributed by atoms with Gasteiger partial charge in [-0.2, -0.15) is 0 Å². The van der Waals surface area contributed by atoms with E-state index in [2.05, 4.69) is 10.6 Å². The molecule has 3 aliphatic rings. The second kappa shape index (κ2) is 5.68. The molecule has 126 valence electrons. The van der Waals surface area contributed by atoms with E-state index < -0.39 is 22.0 Å². The Bertz CT molecular complexity index is 716. The summed E-state index contributed by atoms with van der Waals surface area (Å²) in [6.45, 7) is 1.40. The molecule has 3 N–H and O–H groups in total. The Morgan fingerprint density at radius 2 is 1.91 bits per heavy atom. The highest BCUT2D eigenvalue weighted by atomic mass is 32.2. The maximum absolute atomic E-state index is 11.7. The van der Waals surface area contributed by atoms with Crippen LogP contribution < -0.4 is 10.6 Å². The van der Waals surface area contributed by atoms with E-state index in [-0.39, 0.29) is 11.5 Å². The zero-order valence-corrected chi connectivity index (χ0v) is 13.8. The summed E-state index contributed by atoms with van der Waals surface area (Å²) >= 11 is 0. The van der Waals surface area contributed by atoms with Crippen LogP contribution in [-0.4, -0.2) is 47.1 Å². The molecule has 0 spiro atoms. The third-order valence-corrected chi connectivity index (χ3v) is 6.79. The number of rotatable bonds is 3. The number of hydrogen-bond acceptors (Lipinski definition) is 7. The van der Waals surface area contributed by atoms with Crippen molar-refractivity contribution in [2.45, 2.75) is 56.8 Å². The predicted molar refractivity (Wildman–Crippen MR) is 85.9 cm³/mol. The average molecular weight is 338 g/mol. The standard InChI is InChI=1S/C15H22N4O3S/c20-13-8-23(21,22)7-12(13)18-15-10-5-16-6-11(10)17-14(19-15)9-3-1-2-4-9/h9,12-13,16,20H,1-8H2,(H,17,18,19)/t12-,13-/m1/s1. The highest BCUT2D eigenvalue weighted by Gasteiger charge is 2.37. The summed E-state index contributed by atoms with van der Waals surface area (Å²) in [6.07, 6.45) is 3.78. The summed E-state index contributed by atoms with van der Waals surface area (Å²) in [5.41, 5.74) is 2.00. The maximum atomic E-state index is 11.7. The van der Waals surface area contributed by atoms with Gasteiger partial charge in [-0.1, -0.05) is 12.8 Å². The van der Waals surface area contributed by atoms with Crippen LogP contribution in [0.15, 0.2) is 0 Å². The molecule has 0 amide bonds. The number of hydrogen-bond donors (Lipinski definition) is 3. The highest BCUT2D eigenvalue weighted by molar-refractivity contribution is 7.91. The number of nitrogens with zero attached hydrogens (tertiary/aromatic N) is 2. The minimum Gasteiger partial charge on any atom is -0.390 e. The van der Waals surface area contributed by atoms with Crippen LogP contribution in [0.3, 0.4) is 0 Å². The van der Waals surface area contributed by atoms with Crippen molar-refractivity contribution in [3.63, 3.8) is 0 Å². The minimum atomic E-state index is -3.18. The molecule has 1 saturated carbocycles. The number of sulfone groups is 1. The fraction of sp³-hybridized carbons (Fsp3) is 0.733. The number of nitrogens with one attached hydrogen (secondary N) is 2. The van der Waals surface area contributed by atoms with Crippen LogP contribution in [0.1, 0.15) is 48.7 Å². The summed E-state index contributed by atoms with van der Waals surface area (Å²) in [5, 5.41) is 16.5. The molecule has 0 aromatic carbocycles. The Morgan fingerprint density at radius 1 is 1.13 bits per heavy atom. The van der Waals surface area contributed by atoms with Crippen LogP contribution >= 0.6 is 0 Å². The largest absolute Gasteiger partial charge is 0.390 e. The molecule has 3 heterocycles. The number of aromatic nitrogens is 2. The monoisotopic (exact) mass is 338 g/mol. The lowest BCUT2D eigenvalue weighted by atomic mass is 10.1. The van der Waals surface area contributed by atoms with Crippen molar-refractivity contribution in [3.05, 3.63) is 17.1 Å². The molecule has 2 atom stereocenters. The van der Waals surface area contributed by atoms with Gasteiger partial charge in [0.2, 0.25) is 0 Å². The number of aliphatic hydroxyl groups is 1. The lowest BCUT2D eigenvalue weighted by Gasteiger charge is -2.19. The van der Waals surface area contributed by atoms with Gasteiger partial charge in [-0.3, -0.25) is 0 Å².